The zero-order chi connectivity index (χ0) is 31.8. The van der Waals surface area contributed by atoms with Gasteiger partial charge >= 0.3 is 5.97 Å². The minimum Gasteiger partial charge on any atom is -0.454 e. The molecule has 11 heteroatoms. The molecule has 232 valence electrons. The number of ketones is 1. The quantitative estimate of drug-likeness (QED) is 0.136. The number of amides is 2. The Morgan fingerprint density at radius 2 is 1.80 bits per heavy atom. The lowest BCUT2D eigenvalue weighted by Crippen LogP contribution is -2.55. The van der Waals surface area contributed by atoms with E-state index in [4.69, 9.17) is 32.8 Å². The van der Waals surface area contributed by atoms with Crippen LogP contribution in [0.25, 0.3) is 0 Å². The van der Waals surface area contributed by atoms with Crippen molar-refractivity contribution in [2.75, 3.05) is 13.2 Å². The number of nitrogens with one attached hydrogen (secondary N) is 1. The number of ether oxygens (including phenoxy) is 1. The van der Waals surface area contributed by atoms with Crippen LogP contribution in [0.5, 0.6) is 0 Å². The maximum Gasteiger partial charge on any atom is 0.340 e. The Kier molecular flexibility index (Phi) is 18.2. The largest absolute Gasteiger partial charge is 0.454 e. The van der Waals surface area contributed by atoms with E-state index in [9.17, 15) is 19.2 Å². The molecule has 0 aliphatic carbocycles. The molecular weight excluding hydrogens is 569 g/mol. The number of rotatable bonds is 15. The van der Waals surface area contributed by atoms with Crippen LogP contribution in [-0.4, -0.2) is 65.0 Å². The fourth-order valence-electron chi connectivity index (χ4n) is 4.09. The third-order valence-corrected chi connectivity index (χ3v) is 6.63. The Morgan fingerprint density at radius 3 is 2.27 bits per heavy atom. The van der Waals surface area contributed by atoms with E-state index in [1.54, 1.807) is 20.8 Å². The van der Waals surface area contributed by atoms with Crippen LogP contribution in [-0.2, 0) is 28.8 Å². The molecule has 1 aliphatic rings. The molecule has 1 unspecified atom stereocenters. The van der Waals surface area contributed by atoms with Crippen molar-refractivity contribution in [3.05, 3.63) is 34.9 Å². The molecule has 0 saturated heterocycles. The van der Waals surface area contributed by atoms with Crippen molar-refractivity contribution in [1.82, 2.24) is 10.2 Å². The van der Waals surface area contributed by atoms with Gasteiger partial charge in [0.15, 0.2) is 12.4 Å². The number of hydrogen-bond donors (Lipinski definition) is 1. The summed E-state index contributed by atoms with van der Waals surface area (Å²) in [7, 11) is 0. The third-order valence-electron chi connectivity index (χ3n) is 6.09. The molecule has 1 N–H and O–H groups in total. The van der Waals surface area contributed by atoms with E-state index in [0.717, 1.165) is 5.54 Å². The average molecular weight is 617 g/mol. The van der Waals surface area contributed by atoms with Crippen LogP contribution >= 0.6 is 23.2 Å². The van der Waals surface area contributed by atoms with Crippen LogP contribution in [0.2, 0.25) is 0 Å². The third kappa shape index (κ3) is 11.6. The number of Topliss-reactive ketones (excluding diaryl/α,β-unsaturated/α-hetero) is 1. The van der Waals surface area contributed by atoms with Gasteiger partial charge in [0, 0.05) is 24.9 Å². The zero-order valence-corrected chi connectivity index (χ0v) is 27.2. The van der Waals surface area contributed by atoms with Gasteiger partial charge in [-0.1, -0.05) is 89.0 Å². The summed E-state index contributed by atoms with van der Waals surface area (Å²) in [5.41, 5.74) is 0.0455. The fraction of sp³-hybridized carbons (Fsp3) is 0.633. The minimum atomic E-state index is -1.35. The highest BCUT2D eigenvalue weighted by Gasteiger charge is 2.48. The molecule has 1 aliphatic heterocycles. The molecule has 0 aromatic heterocycles. The van der Waals surface area contributed by atoms with E-state index in [1.165, 1.54) is 23.5 Å². The van der Waals surface area contributed by atoms with Gasteiger partial charge in [0.2, 0.25) is 11.5 Å². The lowest BCUT2D eigenvalue weighted by Gasteiger charge is -2.34. The number of allylic oxidation sites excluding steroid dienone is 2. The van der Waals surface area contributed by atoms with Gasteiger partial charge in [-0.05, 0) is 38.7 Å². The first-order valence-electron chi connectivity index (χ1n) is 14.2. The van der Waals surface area contributed by atoms with Gasteiger partial charge in [0.05, 0.1) is 28.4 Å². The van der Waals surface area contributed by atoms with E-state index < -0.39 is 35.9 Å². The van der Waals surface area contributed by atoms with Gasteiger partial charge in [-0.2, -0.15) is 0 Å². The predicted molar refractivity (Wildman–Crippen MR) is 165 cm³/mol. The number of esters is 1. The molecule has 9 nitrogen and oxygen atoms in total. The van der Waals surface area contributed by atoms with Crippen molar-refractivity contribution < 1.29 is 28.8 Å². The molecule has 2 amide bonds. The standard InChI is InChI=1S/C27H39Cl2N3O6.C3H8/c1-8-12-19(29)18(15-28)25(35)37-16-22(33)21(10-3)32(11-4)26(36)27(7)14-20(31-38-27)24(17(5)6)30-23(34)13-9-2;1-3-2/h8,12,15,17,21,24H,1,9-11,13-14,16H2,2-7H3,(H,30,34);3H2,1-2H3/b18-15-,19-12+;/t21-,24-,27?;/m0./s1. The summed E-state index contributed by atoms with van der Waals surface area (Å²) < 4.78 is 5.13. The van der Waals surface area contributed by atoms with Crippen LogP contribution in [0.1, 0.15) is 87.5 Å². The molecule has 0 bridgehead atoms. The molecular formula is C30H47Cl2N3O6. The number of hydrogen-bond acceptors (Lipinski definition) is 7. The van der Waals surface area contributed by atoms with Gasteiger partial charge in [0.25, 0.3) is 5.91 Å². The Hall–Kier alpha value is -2.65. The summed E-state index contributed by atoms with van der Waals surface area (Å²) in [5.74, 6) is -1.84. The topological polar surface area (TPSA) is 114 Å². The van der Waals surface area contributed by atoms with E-state index in [1.807, 2.05) is 20.8 Å². The molecule has 1 rings (SSSR count). The maximum absolute atomic E-state index is 13.6. The smallest absolute Gasteiger partial charge is 0.340 e. The molecule has 0 saturated carbocycles. The van der Waals surface area contributed by atoms with Crippen molar-refractivity contribution in [3.63, 3.8) is 0 Å². The van der Waals surface area contributed by atoms with Crippen LogP contribution in [0, 0.1) is 5.92 Å². The second-order valence-electron chi connectivity index (χ2n) is 10.2. The van der Waals surface area contributed by atoms with E-state index in [2.05, 4.69) is 30.9 Å². The second-order valence-corrected chi connectivity index (χ2v) is 10.8. The van der Waals surface area contributed by atoms with Gasteiger partial charge < -0.3 is 19.8 Å². The Labute approximate surface area is 255 Å². The Morgan fingerprint density at radius 1 is 1.20 bits per heavy atom. The van der Waals surface area contributed by atoms with Gasteiger partial charge in [-0.15, -0.1) is 0 Å². The number of oxime groups is 1. The highest BCUT2D eigenvalue weighted by molar-refractivity contribution is 6.37. The van der Waals surface area contributed by atoms with E-state index >= 15 is 0 Å². The van der Waals surface area contributed by atoms with E-state index in [0.29, 0.717) is 18.6 Å². The second kappa shape index (κ2) is 19.5. The molecule has 0 radical (unpaired) electrons. The normalized spacial score (nSPS) is 18.3. The Balaban J connectivity index is 0.00000509. The highest BCUT2D eigenvalue weighted by Crippen LogP contribution is 2.30. The van der Waals surface area contributed by atoms with Crippen molar-refractivity contribution in [2.24, 2.45) is 11.1 Å². The first-order valence-corrected chi connectivity index (χ1v) is 15.0. The van der Waals surface area contributed by atoms with Crippen molar-refractivity contribution >= 4 is 52.5 Å². The van der Waals surface area contributed by atoms with Crippen molar-refractivity contribution in [1.29, 1.82) is 0 Å². The summed E-state index contributed by atoms with van der Waals surface area (Å²) in [6.45, 7) is 18.3. The lowest BCUT2D eigenvalue weighted by atomic mass is 9.89. The van der Waals surface area contributed by atoms with Crippen LogP contribution in [0.4, 0.5) is 0 Å². The minimum absolute atomic E-state index is 0.0116. The predicted octanol–water partition coefficient (Wildman–Crippen LogP) is 6.05. The SMILES string of the molecule is C=C/C=C(Cl)\C(=C\Cl)C(=O)OCC(=O)[C@H](CC)N(CC)C(=O)C1(C)CC([C@@H](NC(=O)CCC)C(C)C)=NO1.CCC. The molecule has 41 heavy (non-hydrogen) atoms. The van der Waals surface area contributed by atoms with Gasteiger partial charge in [0.1, 0.15) is 0 Å². The highest BCUT2D eigenvalue weighted by atomic mass is 35.5. The van der Waals surface area contributed by atoms with Crippen LogP contribution in [0.3, 0.4) is 0 Å². The number of carbonyl (C=O) groups is 4. The molecule has 0 spiro atoms. The van der Waals surface area contributed by atoms with Gasteiger partial charge in [-0.25, -0.2) is 4.79 Å². The number of carbonyl (C=O) groups excluding carboxylic acids is 4. The number of nitrogens with zero attached hydrogens (tertiary/aromatic N) is 2. The average Bonchev–Trinajstić information content (AvgIpc) is 3.32. The zero-order valence-electron chi connectivity index (χ0n) is 25.7. The molecule has 1 heterocycles. The maximum atomic E-state index is 13.6. The van der Waals surface area contributed by atoms with Crippen molar-refractivity contribution in [2.45, 2.75) is 105 Å². The Bertz CT molecular complexity index is 1010. The van der Waals surface area contributed by atoms with Gasteiger partial charge in [-0.3, -0.25) is 14.4 Å². The number of likely N-dealkylation sites (N-methyl/N-ethyl adjacent to an activating group) is 1. The summed E-state index contributed by atoms with van der Waals surface area (Å²) in [4.78, 5) is 58.3. The molecule has 0 aromatic carbocycles. The summed E-state index contributed by atoms with van der Waals surface area (Å²) in [6.07, 6.45) is 5.54. The summed E-state index contributed by atoms with van der Waals surface area (Å²) in [5, 5.41) is 7.16. The summed E-state index contributed by atoms with van der Waals surface area (Å²) >= 11 is 11.7. The molecule has 0 fully saturated rings. The van der Waals surface area contributed by atoms with Crippen LogP contribution < -0.4 is 5.32 Å². The van der Waals surface area contributed by atoms with Crippen molar-refractivity contribution in [3.8, 4) is 0 Å². The monoisotopic (exact) mass is 615 g/mol. The lowest BCUT2D eigenvalue weighted by molar-refractivity contribution is -0.159. The summed E-state index contributed by atoms with van der Waals surface area (Å²) in [6, 6.07) is -1.24. The molecule has 3 atom stereocenters. The first-order chi connectivity index (χ1) is 19.3. The number of halogens is 2. The molecule has 0 aromatic rings. The fourth-order valence-corrected chi connectivity index (χ4v) is 4.57. The van der Waals surface area contributed by atoms with Crippen LogP contribution in [0.15, 0.2) is 40.0 Å². The van der Waals surface area contributed by atoms with E-state index in [-0.39, 0.29) is 47.9 Å². The first kappa shape index (κ1) is 38.4.